The standard InChI is InChI=1S/C14H20FNO2/c1-9-7-10(5-6-11(9)15)12(16-4)8-14(2,3)13(17)18/h5-7,12,16H,8H2,1-4H3,(H,17,18). The highest BCUT2D eigenvalue weighted by Crippen LogP contribution is 2.30. The molecule has 100 valence electrons. The highest BCUT2D eigenvalue weighted by atomic mass is 19.1. The molecule has 2 N–H and O–H groups in total. The van der Waals surface area contributed by atoms with Crippen LogP contribution in [0, 0.1) is 18.2 Å². The number of carbonyl (C=O) groups is 1. The lowest BCUT2D eigenvalue weighted by Gasteiger charge is -2.26. The van der Waals surface area contributed by atoms with Gasteiger partial charge in [0, 0.05) is 6.04 Å². The average Bonchev–Trinajstić information content (AvgIpc) is 2.29. The van der Waals surface area contributed by atoms with E-state index in [1.54, 1.807) is 40.0 Å². The topological polar surface area (TPSA) is 49.3 Å². The Labute approximate surface area is 107 Å². The molecule has 0 aromatic heterocycles. The third-order valence-corrected chi connectivity index (χ3v) is 3.23. The van der Waals surface area contributed by atoms with E-state index in [0.717, 1.165) is 5.56 Å². The number of rotatable bonds is 5. The second kappa shape index (κ2) is 5.48. The van der Waals surface area contributed by atoms with Crippen molar-refractivity contribution < 1.29 is 14.3 Å². The zero-order valence-corrected chi connectivity index (χ0v) is 11.2. The predicted octanol–water partition coefficient (Wildman–Crippen LogP) is 2.90. The molecule has 0 aliphatic heterocycles. The lowest BCUT2D eigenvalue weighted by molar-refractivity contribution is -0.147. The first kappa shape index (κ1) is 14.6. The number of halogens is 1. The summed E-state index contributed by atoms with van der Waals surface area (Å²) in [5.74, 6) is -1.08. The van der Waals surface area contributed by atoms with Gasteiger partial charge in [-0.05, 0) is 51.4 Å². The Morgan fingerprint density at radius 1 is 1.50 bits per heavy atom. The minimum absolute atomic E-state index is 0.101. The van der Waals surface area contributed by atoms with Gasteiger partial charge in [-0.1, -0.05) is 12.1 Å². The highest BCUT2D eigenvalue weighted by molar-refractivity contribution is 5.73. The quantitative estimate of drug-likeness (QED) is 0.848. The monoisotopic (exact) mass is 253 g/mol. The molecule has 0 aliphatic carbocycles. The van der Waals surface area contributed by atoms with Crippen LogP contribution in [-0.2, 0) is 4.79 Å². The van der Waals surface area contributed by atoms with Gasteiger partial charge >= 0.3 is 5.97 Å². The van der Waals surface area contributed by atoms with E-state index < -0.39 is 11.4 Å². The first-order valence-corrected chi connectivity index (χ1v) is 5.94. The summed E-state index contributed by atoms with van der Waals surface area (Å²) in [5, 5.41) is 12.2. The molecule has 0 spiro atoms. The van der Waals surface area contributed by atoms with Crippen LogP contribution in [0.5, 0.6) is 0 Å². The van der Waals surface area contributed by atoms with Crippen molar-refractivity contribution in [2.45, 2.75) is 33.2 Å². The van der Waals surface area contributed by atoms with Crippen molar-refractivity contribution in [3.63, 3.8) is 0 Å². The van der Waals surface area contributed by atoms with Crippen molar-refractivity contribution in [2.24, 2.45) is 5.41 Å². The maximum atomic E-state index is 13.2. The van der Waals surface area contributed by atoms with Crippen molar-refractivity contribution in [3.8, 4) is 0 Å². The predicted molar refractivity (Wildman–Crippen MR) is 69.0 cm³/mol. The molecule has 0 saturated heterocycles. The molecule has 1 unspecified atom stereocenters. The van der Waals surface area contributed by atoms with Crippen LogP contribution in [0.2, 0.25) is 0 Å². The lowest BCUT2D eigenvalue weighted by atomic mass is 9.83. The van der Waals surface area contributed by atoms with E-state index in [1.165, 1.54) is 6.07 Å². The molecule has 0 heterocycles. The molecule has 1 rings (SSSR count). The fourth-order valence-corrected chi connectivity index (χ4v) is 1.87. The third kappa shape index (κ3) is 3.29. The number of hydrogen-bond donors (Lipinski definition) is 2. The van der Waals surface area contributed by atoms with Gasteiger partial charge in [-0.15, -0.1) is 0 Å². The van der Waals surface area contributed by atoms with E-state index in [2.05, 4.69) is 5.32 Å². The number of aryl methyl sites for hydroxylation is 1. The molecular weight excluding hydrogens is 233 g/mol. The van der Waals surface area contributed by atoms with Gasteiger partial charge in [-0.25, -0.2) is 4.39 Å². The number of aliphatic carboxylic acids is 1. The number of benzene rings is 1. The Kier molecular flexibility index (Phi) is 4.46. The van der Waals surface area contributed by atoms with Crippen LogP contribution in [0.15, 0.2) is 18.2 Å². The molecule has 0 radical (unpaired) electrons. The summed E-state index contributed by atoms with van der Waals surface area (Å²) in [6, 6.07) is 4.77. The minimum atomic E-state index is -0.832. The Balaban J connectivity index is 2.96. The third-order valence-electron chi connectivity index (χ3n) is 3.23. The van der Waals surface area contributed by atoms with Gasteiger partial charge in [0.15, 0.2) is 0 Å². The first-order valence-electron chi connectivity index (χ1n) is 5.94. The molecule has 0 amide bonds. The Morgan fingerprint density at radius 3 is 2.56 bits per heavy atom. The van der Waals surface area contributed by atoms with E-state index in [1.807, 2.05) is 0 Å². The van der Waals surface area contributed by atoms with Crippen LogP contribution >= 0.6 is 0 Å². The second-order valence-electron chi connectivity index (χ2n) is 5.24. The smallest absolute Gasteiger partial charge is 0.309 e. The molecule has 0 bridgehead atoms. The van der Waals surface area contributed by atoms with E-state index >= 15 is 0 Å². The van der Waals surface area contributed by atoms with E-state index in [9.17, 15) is 9.18 Å². The van der Waals surface area contributed by atoms with Crippen LogP contribution in [-0.4, -0.2) is 18.1 Å². The zero-order valence-electron chi connectivity index (χ0n) is 11.2. The van der Waals surface area contributed by atoms with Crippen LogP contribution in [0.1, 0.15) is 37.4 Å². The van der Waals surface area contributed by atoms with Gasteiger partial charge in [-0.2, -0.15) is 0 Å². The summed E-state index contributed by atoms with van der Waals surface area (Å²) in [7, 11) is 1.78. The molecular formula is C14H20FNO2. The summed E-state index contributed by atoms with van der Waals surface area (Å²) in [4.78, 5) is 11.1. The number of nitrogens with one attached hydrogen (secondary N) is 1. The Bertz CT molecular complexity index is 443. The highest BCUT2D eigenvalue weighted by Gasteiger charge is 2.30. The molecule has 1 aromatic rings. The summed E-state index contributed by atoms with van der Waals surface area (Å²) < 4.78 is 13.2. The summed E-state index contributed by atoms with van der Waals surface area (Å²) in [6.07, 6.45) is 0.448. The molecule has 0 aliphatic rings. The molecule has 18 heavy (non-hydrogen) atoms. The first-order chi connectivity index (χ1) is 8.27. The van der Waals surface area contributed by atoms with Crippen molar-refractivity contribution in [2.75, 3.05) is 7.05 Å². The summed E-state index contributed by atoms with van der Waals surface area (Å²) in [6.45, 7) is 5.08. The van der Waals surface area contributed by atoms with E-state index in [-0.39, 0.29) is 11.9 Å². The molecule has 1 atom stereocenters. The maximum absolute atomic E-state index is 13.2. The van der Waals surface area contributed by atoms with Crippen LogP contribution in [0.25, 0.3) is 0 Å². The summed E-state index contributed by atoms with van der Waals surface area (Å²) >= 11 is 0. The Hall–Kier alpha value is -1.42. The molecule has 3 nitrogen and oxygen atoms in total. The zero-order chi connectivity index (χ0) is 13.9. The number of hydrogen-bond acceptors (Lipinski definition) is 2. The minimum Gasteiger partial charge on any atom is -0.481 e. The van der Waals surface area contributed by atoms with Gasteiger partial charge in [0.25, 0.3) is 0 Å². The molecule has 1 aromatic carbocycles. The van der Waals surface area contributed by atoms with E-state index in [0.29, 0.717) is 12.0 Å². The van der Waals surface area contributed by atoms with Crippen molar-refractivity contribution in [1.82, 2.24) is 5.32 Å². The summed E-state index contributed by atoms with van der Waals surface area (Å²) in [5.41, 5.74) is 0.655. The number of carboxylic acid groups (broad SMARTS) is 1. The van der Waals surface area contributed by atoms with E-state index in [4.69, 9.17) is 5.11 Å². The lowest BCUT2D eigenvalue weighted by Crippen LogP contribution is -2.30. The van der Waals surface area contributed by atoms with Gasteiger partial charge in [0.1, 0.15) is 5.82 Å². The normalized spacial score (nSPS) is 13.4. The fourth-order valence-electron chi connectivity index (χ4n) is 1.87. The maximum Gasteiger partial charge on any atom is 0.309 e. The SMILES string of the molecule is CNC(CC(C)(C)C(=O)O)c1ccc(F)c(C)c1. The van der Waals surface area contributed by atoms with Crippen LogP contribution in [0.3, 0.4) is 0 Å². The molecule has 0 fully saturated rings. The Morgan fingerprint density at radius 2 is 2.11 bits per heavy atom. The van der Waals surface area contributed by atoms with Gasteiger partial charge < -0.3 is 10.4 Å². The van der Waals surface area contributed by atoms with Crippen molar-refractivity contribution >= 4 is 5.97 Å². The van der Waals surface area contributed by atoms with Gasteiger partial charge in [0.2, 0.25) is 0 Å². The van der Waals surface area contributed by atoms with Gasteiger partial charge in [0.05, 0.1) is 5.41 Å². The molecule has 0 saturated carbocycles. The number of carboxylic acids is 1. The second-order valence-corrected chi connectivity index (χ2v) is 5.24. The van der Waals surface area contributed by atoms with Crippen molar-refractivity contribution in [3.05, 3.63) is 35.1 Å². The average molecular weight is 253 g/mol. The van der Waals surface area contributed by atoms with Crippen LogP contribution < -0.4 is 5.32 Å². The van der Waals surface area contributed by atoms with Crippen molar-refractivity contribution in [1.29, 1.82) is 0 Å². The molecule has 4 heteroatoms. The van der Waals surface area contributed by atoms with Gasteiger partial charge in [-0.3, -0.25) is 4.79 Å². The largest absolute Gasteiger partial charge is 0.481 e. The fraction of sp³-hybridized carbons (Fsp3) is 0.500. The van der Waals surface area contributed by atoms with Crippen LogP contribution in [0.4, 0.5) is 4.39 Å².